The molecule has 0 aliphatic heterocycles. The van der Waals surface area contributed by atoms with Crippen LogP contribution in [-0.2, 0) is 41.6 Å². The van der Waals surface area contributed by atoms with Gasteiger partial charge in [0.15, 0.2) is 0 Å². The summed E-state index contributed by atoms with van der Waals surface area (Å²) in [6.07, 6.45) is 44.7. The maximum atomic E-state index is 10.1. The summed E-state index contributed by atoms with van der Waals surface area (Å²) in [4.78, 5) is 40.4. The van der Waals surface area contributed by atoms with Gasteiger partial charge in [-0.2, -0.15) is 0 Å². The van der Waals surface area contributed by atoms with Crippen LogP contribution in [0, 0.1) is 0 Å². The second kappa shape index (κ2) is 65.7. The Kier molecular flexibility index (Phi) is 78.6. The summed E-state index contributed by atoms with van der Waals surface area (Å²) >= 11 is 0. The number of carboxylic acids is 4. The van der Waals surface area contributed by atoms with Crippen LogP contribution in [0.3, 0.4) is 0 Å². The molecule has 0 radical (unpaired) electrons. The fraction of sp³-hybridized carbons (Fsp3) is 0.917. The zero-order valence-electron chi connectivity index (χ0n) is 38.9. The Morgan fingerprint density at radius 3 is 0.448 bits per heavy atom. The first-order valence-corrected chi connectivity index (χ1v) is 23.9. The molecule has 10 heteroatoms. The van der Waals surface area contributed by atoms with Gasteiger partial charge in [-0.25, -0.2) is 0 Å². The molecule has 0 saturated carbocycles. The van der Waals surface area contributed by atoms with E-state index in [0.29, 0.717) is 0 Å². The van der Waals surface area contributed by atoms with Crippen molar-refractivity contribution in [3.63, 3.8) is 0 Å². The Morgan fingerprint density at radius 1 is 0.241 bits per heavy atom. The molecule has 58 heavy (non-hydrogen) atoms. The van der Waals surface area contributed by atoms with Gasteiger partial charge in [-0.3, -0.25) is 0 Å². The molecule has 0 rings (SSSR count). The molecule has 0 aliphatic carbocycles. The van der Waals surface area contributed by atoms with E-state index in [4.69, 9.17) is 0 Å². The number of hydrogen-bond donors (Lipinski definition) is 0. The summed E-state index contributed by atoms with van der Waals surface area (Å²) in [5, 5.41) is 40.4. The standard InChI is InChI=1S/4C12H24O2.Au.Na/c4*1-2-3-4-5-6-7-8-9-10-11-12(13)14;;/h4*2-11H2,1H3,(H,13,14);;/q;;;;+3;+1/p-4. The van der Waals surface area contributed by atoms with Crippen molar-refractivity contribution in [2.75, 3.05) is 0 Å². The molecule has 0 aliphatic rings. The van der Waals surface area contributed by atoms with Gasteiger partial charge in [-0.05, 0) is 51.4 Å². The molecule has 0 saturated heterocycles. The van der Waals surface area contributed by atoms with Gasteiger partial charge in [0.1, 0.15) is 0 Å². The van der Waals surface area contributed by atoms with Gasteiger partial charge in [0.25, 0.3) is 0 Å². The summed E-state index contributed by atoms with van der Waals surface area (Å²) in [5.74, 6) is -3.64. The van der Waals surface area contributed by atoms with Crippen LogP contribution in [-0.4, -0.2) is 23.9 Å². The van der Waals surface area contributed by atoms with Gasteiger partial charge >= 0.3 is 51.9 Å². The van der Waals surface area contributed by atoms with E-state index >= 15 is 0 Å². The molecular weight excluding hydrogens is 924 g/mol. The minimum atomic E-state index is -0.909. The molecule has 0 spiro atoms. The van der Waals surface area contributed by atoms with E-state index < -0.39 is 23.9 Å². The number of carbonyl (C=O) groups is 4. The van der Waals surface area contributed by atoms with Crippen molar-refractivity contribution in [2.24, 2.45) is 0 Å². The molecule has 0 atom stereocenters. The van der Waals surface area contributed by atoms with Crippen molar-refractivity contribution in [3.8, 4) is 0 Å². The first-order chi connectivity index (χ1) is 27.1. The van der Waals surface area contributed by atoms with Crippen molar-refractivity contribution in [3.05, 3.63) is 0 Å². The van der Waals surface area contributed by atoms with E-state index in [9.17, 15) is 39.6 Å². The minimum absolute atomic E-state index is 0. The summed E-state index contributed by atoms with van der Waals surface area (Å²) in [7, 11) is 0. The predicted octanol–water partition coefficient (Wildman–Crippen LogP) is 7.63. The largest absolute Gasteiger partial charge is 3.00 e. The number of unbranched alkanes of at least 4 members (excludes halogenated alkanes) is 32. The first-order valence-electron chi connectivity index (χ1n) is 23.9. The van der Waals surface area contributed by atoms with Crippen molar-refractivity contribution < 1.29 is 91.5 Å². The molecule has 0 amide bonds. The Balaban J connectivity index is -0.000000154. The van der Waals surface area contributed by atoms with E-state index in [1.54, 1.807) is 0 Å². The molecule has 0 N–H and O–H groups in total. The maximum Gasteiger partial charge on any atom is 3.00 e. The molecule has 0 bridgehead atoms. The monoisotopic (exact) mass is 1020 g/mol. The van der Waals surface area contributed by atoms with E-state index in [-0.39, 0.29) is 77.6 Å². The SMILES string of the molecule is CCCCCCCCCCCC(=O)[O-].CCCCCCCCCCCC(=O)[O-].CCCCCCCCCCCC(=O)[O-].CCCCCCCCCCCC(=O)[O-].[Au+3].[Na+]. The minimum Gasteiger partial charge on any atom is -0.550 e. The molecule has 0 heterocycles. The van der Waals surface area contributed by atoms with E-state index in [2.05, 4.69) is 27.7 Å². The second-order valence-corrected chi connectivity index (χ2v) is 15.8. The summed E-state index contributed by atoms with van der Waals surface area (Å²) in [5.41, 5.74) is 0. The average molecular weight is 1020 g/mol. The Labute approximate surface area is 397 Å². The fourth-order valence-corrected chi connectivity index (χ4v) is 6.32. The number of hydrogen-bond acceptors (Lipinski definition) is 8. The average Bonchev–Trinajstić information content (AvgIpc) is 3.15. The molecule has 8 nitrogen and oxygen atoms in total. The van der Waals surface area contributed by atoms with Crippen LogP contribution in [0.15, 0.2) is 0 Å². The van der Waals surface area contributed by atoms with Gasteiger partial charge in [-0.15, -0.1) is 0 Å². The third kappa shape index (κ3) is 87.2. The van der Waals surface area contributed by atoms with Crippen LogP contribution in [0.25, 0.3) is 0 Å². The molecule has 344 valence electrons. The van der Waals surface area contributed by atoms with Gasteiger partial charge in [0.05, 0.1) is 0 Å². The fourth-order valence-electron chi connectivity index (χ4n) is 6.32. The molecule has 0 aromatic heterocycles. The Morgan fingerprint density at radius 2 is 0.345 bits per heavy atom. The molecule has 0 aromatic carbocycles. The quantitative estimate of drug-likeness (QED) is 0.0448. The van der Waals surface area contributed by atoms with Crippen LogP contribution in [0.5, 0.6) is 0 Å². The number of rotatable bonds is 40. The molecular formula is C48H92AuNaO8. The molecule has 0 fully saturated rings. The van der Waals surface area contributed by atoms with Crippen LogP contribution >= 0.6 is 0 Å². The number of aliphatic carboxylic acids is 4. The van der Waals surface area contributed by atoms with Crippen molar-refractivity contribution in [1.29, 1.82) is 0 Å². The predicted molar refractivity (Wildman–Crippen MR) is 227 cm³/mol. The second-order valence-electron chi connectivity index (χ2n) is 15.8. The van der Waals surface area contributed by atoms with E-state index in [1.807, 2.05) is 0 Å². The smallest absolute Gasteiger partial charge is 0.550 e. The maximum absolute atomic E-state index is 10.1. The number of carbonyl (C=O) groups excluding carboxylic acids is 4. The van der Waals surface area contributed by atoms with Gasteiger partial charge in [-0.1, -0.05) is 233 Å². The van der Waals surface area contributed by atoms with Crippen LogP contribution in [0.4, 0.5) is 0 Å². The summed E-state index contributed by atoms with van der Waals surface area (Å²) in [6, 6.07) is 0. The topological polar surface area (TPSA) is 161 Å². The van der Waals surface area contributed by atoms with E-state index in [0.717, 1.165) is 51.4 Å². The normalized spacial score (nSPS) is 10.0. The van der Waals surface area contributed by atoms with E-state index in [1.165, 1.54) is 180 Å². The first kappa shape index (κ1) is 69.3. The van der Waals surface area contributed by atoms with Gasteiger partial charge in [0, 0.05) is 23.9 Å². The van der Waals surface area contributed by atoms with Crippen molar-refractivity contribution in [2.45, 2.75) is 285 Å². The summed E-state index contributed by atoms with van der Waals surface area (Å²) < 4.78 is 0. The zero-order chi connectivity index (χ0) is 42.6. The molecule has 0 unspecified atom stereocenters. The Bertz CT molecular complexity index is 672. The van der Waals surface area contributed by atoms with Crippen LogP contribution in [0.1, 0.15) is 285 Å². The van der Waals surface area contributed by atoms with Crippen molar-refractivity contribution >= 4 is 23.9 Å². The van der Waals surface area contributed by atoms with Crippen molar-refractivity contribution in [1.82, 2.24) is 0 Å². The third-order valence-electron chi connectivity index (χ3n) is 9.94. The third-order valence-corrected chi connectivity index (χ3v) is 9.94. The Hall–Kier alpha value is -0.380. The van der Waals surface area contributed by atoms with Crippen LogP contribution < -0.4 is 50.0 Å². The number of carboxylic acid groups (broad SMARTS) is 4. The molecule has 0 aromatic rings. The van der Waals surface area contributed by atoms with Gasteiger partial charge < -0.3 is 39.6 Å². The summed E-state index contributed by atoms with van der Waals surface area (Å²) in [6.45, 7) is 8.89. The zero-order valence-corrected chi connectivity index (χ0v) is 43.0. The van der Waals surface area contributed by atoms with Gasteiger partial charge in [0.2, 0.25) is 0 Å². The van der Waals surface area contributed by atoms with Crippen LogP contribution in [0.2, 0.25) is 0 Å².